The third-order valence-electron chi connectivity index (χ3n) is 3.61. The summed E-state index contributed by atoms with van der Waals surface area (Å²) in [4.78, 5) is 23.4. The number of amides is 1. The van der Waals surface area contributed by atoms with E-state index in [1.54, 1.807) is 25.1 Å². The SMILES string of the molecule is Cc1cccc(NC(=O)C2CCNC2C)c1C(=O)O. The van der Waals surface area contributed by atoms with Crippen molar-refractivity contribution in [1.29, 1.82) is 0 Å². The number of carboxylic acids is 1. The first-order valence-electron chi connectivity index (χ1n) is 6.38. The summed E-state index contributed by atoms with van der Waals surface area (Å²) in [6.07, 6.45) is 0.779. The molecule has 1 heterocycles. The largest absolute Gasteiger partial charge is 0.478 e. The lowest BCUT2D eigenvalue weighted by atomic mass is 10.00. The number of carbonyl (C=O) groups excluding carboxylic acids is 1. The molecular weight excluding hydrogens is 244 g/mol. The molecule has 1 saturated heterocycles. The maximum atomic E-state index is 12.2. The Labute approximate surface area is 112 Å². The maximum Gasteiger partial charge on any atom is 0.338 e. The zero-order chi connectivity index (χ0) is 14.0. The van der Waals surface area contributed by atoms with Gasteiger partial charge in [-0.2, -0.15) is 0 Å². The smallest absolute Gasteiger partial charge is 0.338 e. The van der Waals surface area contributed by atoms with Gasteiger partial charge in [0.1, 0.15) is 0 Å². The standard InChI is InChI=1S/C14H18N2O3/c1-8-4-3-5-11(12(8)14(18)19)16-13(17)10-6-7-15-9(10)2/h3-5,9-10,15H,6-7H2,1-2H3,(H,16,17)(H,18,19). The van der Waals surface area contributed by atoms with Crippen LogP contribution in [0.2, 0.25) is 0 Å². The van der Waals surface area contributed by atoms with Gasteiger partial charge in [0.05, 0.1) is 17.2 Å². The number of hydrogen-bond acceptors (Lipinski definition) is 3. The van der Waals surface area contributed by atoms with Crippen LogP contribution >= 0.6 is 0 Å². The van der Waals surface area contributed by atoms with Crippen molar-refractivity contribution in [3.63, 3.8) is 0 Å². The van der Waals surface area contributed by atoms with Crippen molar-refractivity contribution in [1.82, 2.24) is 5.32 Å². The van der Waals surface area contributed by atoms with E-state index in [4.69, 9.17) is 0 Å². The van der Waals surface area contributed by atoms with Crippen LogP contribution in [0.25, 0.3) is 0 Å². The van der Waals surface area contributed by atoms with E-state index in [-0.39, 0.29) is 23.4 Å². The number of benzene rings is 1. The van der Waals surface area contributed by atoms with Crippen LogP contribution in [0.15, 0.2) is 18.2 Å². The molecule has 0 aliphatic carbocycles. The van der Waals surface area contributed by atoms with E-state index in [0.717, 1.165) is 13.0 Å². The van der Waals surface area contributed by atoms with Crippen LogP contribution in [-0.2, 0) is 4.79 Å². The molecule has 5 nitrogen and oxygen atoms in total. The molecule has 102 valence electrons. The molecule has 2 atom stereocenters. The minimum Gasteiger partial charge on any atom is -0.478 e. The Bertz CT molecular complexity index is 513. The number of nitrogens with one attached hydrogen (secondary N) is 2. The number of carboxylic acid groups (broad SMARTS) is 1. The molecule has 0 aromatic heterocycles. The van der Waals surface area contributed by atoms with Crippen molar-refractivity contribution in [2.45, 2.75) is 26.3 Å². The van der Waals surface area contributed by atoms with Crippen molar-refractivity contribution >= 4 is 17.6 Å². The van der Waals surface area contributed by atoms with Crippen molar-refractivity contribution < 1.29 is 14.7 Å². The highest BCUT2D eigenvalue weighted by Crippen LogP contribution is 2.22. The highest BCUT2D eigenvalue weighted by Gasteiger charge is 2.30. The quantitative estimate of drug-likeness (QED) is 0.773. The number of carbonyl (C=O) groups is 2. The minimum atomic E-state index is -1.02. The van der Waals surface area contributed by atoms with Crippen molar-refractivity contribution in [3.05, 3.63) is 29.3 Å². The Kier molecular flexibility index (Phi) is 3.85. The first-order valence-corrected chi connectivity index (χ1v) is 6.38. The molecule has 5 heteroatoms. The molecule has 19 heavy (non-hydrogen) atoms. The lowest BCUT2D eigenvalue weighted by Crippen LogP contribution is -2.32. The Morgan fingerprint density at radius 2 is 2.16 bits per heavy atom. The molecule has 1 amide bonds. The Hall–Kier alpha value is -1.88. The molecule has 3 N–H and O–H groups in total. The Balaban J connectivity index is 2.21. The van der Waals surface area contributed by atoms with Crippen LogP contribution in [0, 0.1) is 12.8 Å². The van der Waals surface area contributed by atoms with Crippen molar-refractivity contribution in [3.8, 4) is 0 Å². The van der Waals surface area contributed by atoms with E-state index in [9.17, 15) is 14.7 Å². The fourth-order valence-electron chi connectivity index (χ4n) is 2.50. The summed E-state index contributed by atoms with van der Waals surface area (Å²) in [5.41, 5.74) is 1.17. The summed E-state index contributed by atoms with van der Waals surface area (Å²) in [7, 11) is 0. The van der Waals surface area contributed by atoms with Crippen LogP contribution in [0.4, 0.5) is 5.69 Å². The number of aryl methyl sites for hydroxylation is 1. The first kappa shape index (κ1) is 13.5. The van der Waals surface area contributed by atoms with Gasteiger partial charge in [-0.15, -0.1) is 0 Å². The second-order valence-corrected chi connectivity index (χ2v) is 4.93. The maximum absolute atomic E-state index is 12.2. The molecule has 0 radical (unpaired) electrons. The van der Waals surface area contributed by atoms with Gasteiger partial charge >= 0.3 is 5.97 Å². The molecule has 2 rings (SSSR count). The van der Waals surface area contributed by atoms with E-state index >= 15 is 0 Å². The molecule has 0 saturated carbocycles. The van der Waals surface area contributed by atoms with E-state index in [2.05, 4.69) is 10.6 Å². The summed E-state index contributed by atoms with van der Waals surface area (Å²) in [5.74, 6) is -1.25. The predicted octanol–water partition coefficient (Wildman–Crippen LogP) is 1.63. The van der Waals surface area contributed by atoms with Gasteiger partial charge in [0.25, 0.3) is 0 Å². The monoisotopic (exact) mass is 262 g/mol. The third kappa shape index (κ3) is 2.76. The van der Waals surface area contributed by atoms with E-state index in [0.29, 0.717) is 11.3 Å². The highest BCUT2D eigenvalue weighted by molar-refractivity contribution is 6.02. The van der Waals surface area contributed by atoms with Gasteiger partial charge < -0.3 is 15.7 Å². The zero-order valence-electron chi connectivity index (χ0n) is 11.1. The zero-order valence-corrected chi connectivity index (χ0v) is 11.1. The molecule has 1 aliphatic rings. The van der Waals surface area contributed by atoms with E-state index < -0.39 is 5.97 Å². The Morgan fingerprint density at radius 1 is 1.42 bits per heavy atom. The fraction of sp³-hybridized carbons (Fsp3) is 0.429. The lowest BCUT2D eigenvalue weighted by molar-refractivity contribution is -0.120. The summed E-state index contributed by atoms with van der Waals surface area (Å²) in [5, 5.41) is 15.2. The van der Waals surface area contributed by atoms with Crippen LogP contribution < -0.4 is 10.6 Å². The summed E-state index contributed by atoms with van der Waals surface area (Å²) in [6, 6.07) is 5.21. The van der Waals surface area contributed by atoms with Crippen molar-refractivity contribution in [2.75, 3.05) is 11.9 Å². The van der Waals surface area contributed by atoms with Gasteiger partial charge in [0, 0.05) is 6.04 Å². The molecule has 1 aromatic rings. The topological polar surface area (TPSA) is 78.4 Å². The van der Waals surface area contributed by atoms with Gasteiger partial charge in [-0.3, -0.25) is 4.79 Å². The fourth-order valence-corrected chi connectivity index (χ4v) is 2.50. The molecule has 2 unspecified atom stereocenters. The van der Waals surface area contributed by atoms with Gasteiger partial charge in [-0.1, -0.05) is 12.1 Å². The second kappa shape index (κ2) is 5.40. The van der Waals surface area contributed by atoms with Gasteiger partial charge in [0.2, 0.25) is 5.91 Å². The number of rotatable bonds is 3. The van der Waals surface area contributed by atoms with Crippen LogP contribution in [0.3, 0.4) is 0 Å². The average Bonchev–Trinajstić information content (AvgIpc) is 2.75. The average molecular weight is 262 g/mol. The number of hydrogen-bond donors (Lipinski definition) is 3. The summed E-state index contributed by atoms with van der Waals surface area (Å²) >= 11 is 0. The number of anilines is 1. The van der Waals surface area contributed by atoms with Crippen LogP contribution in [-0.4, -0.2) is 29.6 Å². The van der Waals surface area contributed by atoms with Crippen molar-refractivity contribution in [2.24, 2.45) is 5.92 Å². The molecule has 1 fully saturated rings. The van der Waals surface area contributed by atoms with Gasteiger partial charge in [0.15, 0.2) is 0 Å². The van der Waals surface area contributed by atoms with Crippen LogP contribution in [0.5, 0.6) is 0 Å². The number of aromatic carboxylic acids is 1. The van der Waals surface area contributed by atoms with E-state index in [1.807, 2.05) is 6.92 Å². The highest BCUT2D eigenvalue weighted by atomic mass is 16.4. The Morgan fingerprint density at radius 3 is 2.74 bits per heavy atom. The molecule has 0 spiro atoms. The summed E-state index contributed by atoms with van der Waals surface area (Å²) in [6.45, 7) is 4.50. The van der Waals surface area contributed by atoms with Gasteiger partial charge in [-0.25, -0.2) is 4.79 Å². The molecule has 1 aromatic carbocycles. The third-order valence-corrected chi connectivity index (χ3v) is 3.61. The molecule has 0 bridgehead atoms. The lowest BCUT2D eigenvalue weighted by Gasteiger charge is -2.16. The van der Waals surface area contributed by atoms with Gasteiger partial charge in [-0.05, 0) is 38.4 Å². The van der Waals surface area contributed by atoms with E-state index in [1.165, 1.54) is 0 Å². The second-order valence-electron chi connectivity index (χ2n) is 4.93. The minimum absolute atomic E-state index is 0.109. The molecular formula is C14H18N2O3. The first-order chi connectivity index (χ1) is 9.00. The predicted molar refractivity (Wildman–Crippen MR) is 72.3 cm³/mol. The molecule has 1 aliphatic heterocycles. The van der Waals surface area contributed by atoms with Crippen LogP contribution in [0.1, 0.15) is 29.3 Å². The normalized spacial score (nSPS) is 22.2. The summed E-state index contributed by atoms with van der Waals surface area (Å²) < 4.78 is 0.